The maximum Gasteiger partial charge on any atom is 0.123 e. The second kappa shape index (κ2) is 5.17. The molecule has 3 rings (SSSR count). The third kappa shape index (κ3) is 3.38. The van der Waals surface area contributed by atoms with Gasteiger partial charge in [-0.25, -0.2) is 4.39 Å². The molecule has 0 aromatic heterocycles. The SMILES string of the molecule is CC(CNC1CC1)(Cc1cc(F)ccc1Br)C1CC1. The molecule has 1 N–H and O–H groups in total. The molecular weight excluding hydrogens is 305 g/mol. The molecule has 0 aliphatic heterocycles. The van der Waals surface area contributed by atoms with Gasteiger partial charge >= 0.3 is 0 Å². The van der Waals surface area contributed by atoms with E-state index in [1.165, 1.54) is 31.7 Å². The van der Waals surface area contributed by atoms with E-state index < -0.39 is 0 Å². The summed E-state index contributed by atoms with van der Waals surface area (Å²) in [7, 11) is 0. The highest BCUT2D eigenvalue weighted by Crippen LogP contribution is 2.48. The van der Waals surface area contributed by atoms with Gasteiger partial charge in [-0.05, 0) is 67.2 Å². The summed E-state index contributed by atoms with van der Waals surface area (Å²) in [5.74, 6) is 0.667. The molecule has 1 nitrogen and oxygen atoms in total. The molecule has 0 heterocycles. The summed E-state index contributed by atoms with van der Waals surface area (Å²) in [6.45, 7) is 3.42. The Kier molecular flexibility index (Phi) is 3.69. The number of nitrogens with one attached hydrogen (secondary N) is 1. The predicted octanol–water partition coefficient (Wildman–Crippen LogP) is 4.30. The second-order valence-corrected chi connectivity index (χ2v) is 7.35. The van der Waals surface area contributed by atoms with Crippen LogP contribution in [0.4, 0.5) is 4.39 Å². The Labute approximate surface area is 123 Å². The molecule has 0 bridgehead atoms. The van der Waals surface area contributed by atoms with Crippen LogP contribution in [0.25, 0.3) is 0 Å². The van der Waals surface area contributed by atoms with Gasteiger partial charge in [-0.2, -0.15) is 0 Å². The standard InChI is InChI=1S/C16H21BrFN/c1-16(12-2-3-12,10-19-14-5-6-14)9-11-8-13(18)4-7-15(11)17/h4,7-8,12,14,19H,2-3,5-6,9-10H2,1H3. The van der Waals surface area contributed by atoms with Gasteiger partial charge in [-0.15, -0.1) is 0 Å². The van der Waals surface area contributed by atoms with E-state index in [1.807, 2.05) is 6.07 Å². The Morgan fingerprint density at radius 1 is 1.32 bits per heavy atom. The molecule has 1 atom stereocenters. The van der Waals surface area contributed by atoms with Gasteiger partial charge in [0.2, 0.25) is 0 Å². The first-order valence-corrected chi connectivity index (χ1v) is 8.03. The molecule has 2 aliphatic carbocycles. The number of rotatable bonds is 6. The Hall–Kier alpha value is -0.410. The molecule has 3 heteroatoms. The minimum Gasteiger partial charge on any atom is -0.313 e. The van der Waals surface area contributed by atoms with E-state index in [-0.39, 0.29) is 11.2 Å². The molecule has 0 amide bonds. The largest absolute Gasteiger partial charge is 0.313 e. The summed E-state index contributed by atoms with van der Waals surface area (Å²) in [4.78, 5) is 0. The van der Waals surface area contributed by atoms with Crippen LogP contribution in [-0.4, -0.2) is 12.6 Å². The molecule has 0 radical (unpaired) electrons. The van der Waals surface area contributed by atoms with Crippen molar-refractivity contribution in [1.82, 2.24) is 5.32 Å². The van der Waals surface area contributed by atoms with Crippen LogP contribution < -0.4 is 5.32 Å². The fourth-order valence-corrected chi connectivity index (χ4v) is 3.30. The van der Waals surface area contributed by atoms with Gasteiger partial charge in [0.15, 0.2) is 0 Å². The lowest BCUT2D eigenvalue weighted by Gasteiger charge is -2.31. The van der Waals surface area contributed by atoms with Crippen LogP contribution in [0.1, 0.15) is 38.2 Å². The van der Waals surface area contributed by atoms with Gasteiger partial charge < -0.3 is 5.32 Å². The predicted molar refractivity (Wildman–Crippen MR) is 79.7 cm³/mol. The fourth-order valence-electron chi connectivity index (χ4n) is 2.91. The van der Waals surface area contributed by atoms with Crippen molar-refractivity contribution in [2.45, 2.75) is 45.1 Å². The maximum absolute atomic E-state index is 13.4. The summed E-state index contributed by atoms with van der Waals surface area (Å²) in [5.41, 5.74) is 1.37. The Bertz CT molecular complexity index is 468. The van der Waals surface area contributed by atoms with Crippen LogP contribution in [0.5, 0.6) is 0 Å². The minimum atomic E-state index is -0.133. The van der Waals surface area contributed by atoms with Crippen LogP contribution in [0, 0.1) is 17.2 Å². The number of hydrogen-bond donors (Lipinski definition) is 1. The summed E-state index contributed by atoms with van der Waals surface area (Å²) in [6.07, 6.45) is 6.26. The van der Waals surface area contributed by atoms with Crippen molar-refractivity contribution in [3.63, 3.8) is 0 Å². The fraction of sp³-hybridized carbons (Fsp3) is 0.625. The molecule has 19 heavy (non-hydrogen) atoms. The average Bonchev–Trinajstić information content (AvgIpc) is 3.24. The molecule has 2 fully saturated rings. The lowest BCUT2D eigenvalue weighted by atomic mass is 9.79. The third-order valence-electron chi connectivity index (χ3n) is 4.54. The molecule has 2 aliphatic rings. The van der Waals surface area contributed by atoms with Gasteiger partial charge in [0.25, 0.3) is 0 Å². The van der Waals surface area contributed by atoms with E-state index in [9.17, 15) is 4.39 Å². The zero-order valence-corrected chi connectivity index (χ0v) is 13.0. The average molecular weight is 326 g/mol. The molecular formula is C16H21BrFN. The maximum atomic E-state index is 13.4. The van der Waals surface area contributed by atoms with Crippen LogP contribution in [0.3, 0.4) is 0 Å². The third-order valence-corrected chi connectivity index (χ3v) is 5.31. The zero-order chi connectivity index (χ0) is 13.5. The van der Waals surface area contributed by atoms with Gasteiger partial charge in [-0.1, -0.05) is 22.9 Å². The first kappa shape index (κ1) is 13.6. The van der Waals surface area contributed by atoms with Gasteiger partial charge in [0.1, 0.15) is 5.82 Å². The summed E-state index contributed by atoms with van der Waals surface area (Å²) in [5, 5.41) is 3.66. The van der Waals surface area contributed by atoms with Crippen molar-refractivity contribution in [1.29, 1.82) is 0 Å². The highest BCUT2D eigenvalue weighted by atomic mass is 79.9. The Morgan fingerprint density at radius 2 is 2.05 bits per heavy atom. The van der Waals surface area contributed by atoms with Crippen molar-refractivity contribution in [3.05, 3.63) is 34.1 Å². The van der Waals surface area contributed by atoms with Crippen molar-refractivity contribution in [3.8, 4) is 0 Å². The molecule has 1 unspecified atom stereocenters. The quantitative estimate of drug-likeness (QED) is 0.822. The minimum absolute atomic E-state index is 0.133. The van der Waals surface area contributed by atoms with Crippen molar-refractivity contribution >= 4 is 15.9 Å². The summed E-state index contributed by atoms with van der Waals surface area (Å²) >= 11 is 3.56. The monoisotopic (exact) mass is 325 g/mol. The molecule has 1 aromatic carbocycles. The molecule has 0 saturated heterocycles. The van der Waals surface area contributed by atoms with Crippen LogP contribution in [0.2, 0.25) is 0 Å². The smallest absolute Gasteiger partial charge is 0.123 e. The normalized spacial score (nSPS) is 22.3. The van der Waals surface area contributed by atoms with Crippen LogP contribution in [0.15, 0.2) is 22.7 Å². The van der Waals surface area contributed by atoms with Gasteiger partial charge in [0.05, 0.1) is 0 Å². The number of halogens is 2. The first-order valence-electron chi connectivity index (χ1n) is 7.24. The molecule has 0 spiro atoms. The molecule has 1 aromatic rings. The van der Waals surface area contributed by atoms with E-state index in [0.29, 0.717) is 0 Å². The molecule has 2 saturated carbocycles. The van der Waals surface area contributed by atoms with Crippen molar-refractivity contribution < 1.29 is 4.39 Å². The van der Waals surface area contributed by atoms with E-state index >= 15 is 0 Å². The number of hydrogen-bond acceptors (Lipinski definition) is 1. The highest BCUT2D eigenvalue weighted by Gasteiger charge is 2.42. The summed E-state index contributed by atoms with van der Waals surface area (Å²) < 4.78 is 14.5. The van der Waals surface area contributed by atoms with Crippen molar-refractivity contribution in [2.24, 2.45) is 11.3 Å². The Morgan fingerprint density at radius 3 is 2.68 bits per heavy atom. The van der Waals surface area contributed by atoms with Crippen LogP contribution in [-0.2, 0) is 6.42 Å². The Balaban J connectivity index is 1.73. The first-order chi connectivity index (χ1) is 9.07. The van der Waals surface area contributed by atoms with E-state index in [0.717, 1.165) is 35.0 Å². The lowest BCUT2D eigenvalue weighted by Crippen LogP contribution is -2.36. The zero-order valence-electron chi connectivity index (χ0n) is 11.4. The topological polar surface area (TPSA) is 12.0 Å². The van der Waals surface area contributed by atoms with Gasteiger partial charge in [0, 0.05) is 17.1 Å². The van der Waals surface area contributed by atoms with Crippen molar-refractivity contribution in [2.75, 3.05) is 6.54 Å². The van der Waals surface area contributed by atoms with Crippen LogP contribution >= 0.6 is 15.9 Å². The summed E-state index contributed by atoms with van der Waals surface area (Å²) in [6, 6.07) is 5.77. The molecule has 104 valence electrons. The van der Waals surface area contributed by atoms with Gasteiger partial charge in [-0.3, -0.25) is 0 Å². The van der Waals surface area contributed by atoms with E-state index in [2.05, 4.69) is 28.2 Å². The highest BCUT2D eigenvalue weighted by molar-refractivity contribution is 9.10. The lowest BCUT2D eigenvalue weighted by molar-refractivity contribution is 0.254. The second-order valence-electron chi connectivity index (χ2n) is 6.50. The van der Waals surface area contributed by atoms with E-state index in [1.54, 1.807) is 6.07 Å². The van der Waals surface area contributed by atoms with E-state index in [4.69, 9.17) is 0 Å². The number of benzene rings is 1.